The van der Waals surface area contributed by atoms with Gasteiger partial charge in [0.05, 0.1) is 19.3 Å². The van der Waals surface area contributed by atoms with Crippen molar-refractivity contribution >= 4 is 23.6 Å². The highest BCUT2D eigenvalue weighted by molar-refractivity contribution is 7.99. The van der Waals surface area contributed by atoms with Crippen LogP contribution in [0.5, 0.6) is 0 Å². The number of rotatable bonds is 5. The third-order valence-electron chi connectivity index (χ3n) is 2.85. The molecule has 0 aromatic carbocycles. The number of carbonyl (C=O) groups is 2. The van der Waals surface area contributed by atoms with Crippen LogP contribution in [0.2, 0.25) is 0 Å². The quantitative estimate of drug-likeness (QED) is 0.775. The van der Waals surface area contributed by atoms with E-state index >= 15 is 0 Å². The van der Waals surface area contributed by atoms with Gasteiger partial charge in [0, 0.05) is 18.7 Å². The summed E-state index contributed by atoms with van der Waals surface area (Å²) in [5.74, 6) is 1.32. The third-order valence-corrected chi connectivity index (χ3v) is 4.07. The van der Waals surface area contributed by atoms with Gasteiger partial charge in [-0.05, 0) is 19.1 Å². The van der Waals surface area contributed by atoms with Gasteiger partial charge in [-0.15, -0.1) is 11.8 Å². The molecule has 0 bridgehead atoms. The van der Waals surface area contributed by atoms with E-state index in [0.717, 1.165) is 11.5 Å². The molecule has 1 aromatic heterocycles. The van der Waals surface area contributed by atoms with Gasteiger partial charge in [-0.3, -0.25) is 9.59 Å². The number of esters is 1. The third kappa shape index (κ3) is 3.53. The van der Waals surface area contributed by atoms with Crippen molar-refractivity contribution in [3.8, 4) is 0 Å². The first kappa shape index (κ1) is 14.0. The van der Waals surface area contributed by atoms with Gasteiger partial charge in [-0.25, -0.2) is 0 Å². The van der Waals surface area contributed by atoms with Gasteiger partial charge in [-0.2, -0.15) is 0 Å². The molecule has 1 saturated heterocycles. The molecule has 5 nitrogen and oxygen atoms in total. The molecule has 1 unspecified atom stereocenters. The molecule has 0 aliphatic carbocycles. The number of thioether (sulfide) groups is 1. The van der Waals surface area contributed by atoms with Crippen LogP contribution in [0.1, 0.15) is 30.9 Å². The van der Waals surface area contributed by atoms with Gasteiger partial charge >= 0.3 is 5.97 Å². The van der Waals surface area contributed by atoms with E-state index in [1.165, 1.54) is 0 Å². The number of hydrogen-bond acceptors (Lipinski definition) is 5. The van der Waals surface area contributed by atoms with Crippen LogP contribution in [0.4, 0.5) is 0 Å². The molecular weight excluding hydrogens is 266 g/mol. The highest BCUT2D eigenvalue weighted by Crippen LogP contribution is 2.38. The molecule has 1 aromatic rings. The van der Waals surface area contributed by atoms with Gasteiger partial charge in [0.2, 0.25) is 5.91 Å². The summed E-state index contributed by atoms with van der Waals surface area (Å²) in [6, 6.07) is 3.68. The van der Waals surface area contributed by atoms with Crippen molar-refractivity contribution in [2.75, 3.05) is 18.9 Å². The fourth-order valence-electron chi connectivity index (χ4n) is 1.98. The lowest BCUT2D eigenvalue weighted by atomic mass is 10.2. The van der Waals surface area contributed by atoms with Crippen molar-refractivity contribution in [1.29, 1.82) is 0 Å². The lowest BCUT2D eigenvalue weighted by Crippen LogP contribution is -2.30. The highest BCUT2D eigenvalue weighted by atomic mass is 32.2. The molecule has 2 heterocycles. The summed E-state index contributed by atoms with van der Waals surface area (Å²) in [5.41, 5.74) is 0. The van der Waals surface area contributed by atoms with Crippen LogP contribution in [-0.4, -0.2) is 35.7 Å². The van der Waals surface area contributed by atoms with Crippen molar-refractivity contribution in [2.45, 2.75) is 25.1 Å². The maximum absolute atomic E-state index is 12.1. The second-order valence-corrected chi connectivity index (χ2v) is 5.32. The maximum Gasteiger partial charge on any atom is 0.306 e. The molecule has 2 rings (SSSR count). The molecule has 1 aliphatic rings. The standard InChI is InChI=1S/C13H17NO4S/c1-2-17-12(16)6-5-11(15)14-7-9-19-13(14)10-4-3-8-18-10/h3-4,8,13H,2,5-7,9H2,1H3. The predicted octanol–water partition coefficient (Wildman–Crippen LogP) is 2.20. The average molecular weight is 283 g/mol. The van der Waals surface area contributed by atoms with Crippen LogP contribution in [0.15, 0.2) is 22.8 Å². The van der Waals surface area contributed by atoms with E-state index in [0.29, 0.717) is 13.2 Å². The minimum Gasteiger partial charge on any atom is -0.466 e. The van der Waals surface area contributed by atoms with Gasteiger partial charge in [0.1, 0.15) is 11.1 Å². The summed E-state index contributed by atoms with van der Waals surface area (Å²) in [4.78, 5) is 25.1. The van der Waals surface area contributed by atoms with Crippen molar-refractivity contribution in [3.63, 3.8) is 0 Å². The summed E-state index contributed by atoms with van der Waals surface area (Å²) in [7, 11) is 0. The first-order valence-corrected chi connectivity index (χ1v) is 7.37. The summed E-state index contributed by atoms with van der Waals surface area (Å²) >= 11 is 1.68. The van der Waals surface area contributed by atoms with Gasteiger partial charge in [0.25, 0.3) is 0 Å². The minimum absolute atomic E-state index is 0.0283. The Hall–Kier alpha value is -1.43. The first-order chi connectivity index (χ1) is 9.22. The fraction of sp³-hybridized carbons (Fsp3) is 0.538. The van der Waals surface area contributed by atoms with Gasteiger partial charge in [-0.1, -0.05) is 0 Å². The fourth-order valence-corrected chi connectivity index (χ4v) is 3.21. The van der Waals surface area contributed by atoms with E-state index in [2.05, 4.69) is 0 Å². The Labute approximate surface area is 116 Å². The van der Waals surface area contributed by atoms with Crippen LogP contribution >= 0.6 is 11.8 Å². The molecule has 1 amide bonds. The minimum atomic E-state index is -0.322. The Morgan fingerprint density at radius 2 is 2.37 bits per heavy atom. The topological polar surface area (TPSA) is 59.8 Å². The SMILES string of the molecule is CCOC(=O)CCC(=O)N1CCSC1c1ccco1. The molecule has 0 radical (unpaired) electrons. The average Bonchev–Trinajstić information content (AvgIpc) is 3.05. The zero-order valence-electron chi connectivity index (χ0n) is 10.8. The smallest absolute Gasteiger partial charge is 0.306 e. The Morgan fingerprint density at radius 3 is 3.05 bits per heavy atom. The molecule has 1 aliphatic heterocycles. The van der Waals surface area contributed by atoms with Gasteiger partial charge in [0.15, 0.2) is 0 Å². The highest BCUT2D eigenvalue weighted by Gasteiger charge is 2.32. The normalized spacial score (nSPS) is 18.6. The molecule has 0 spiro atoms. The van der Waals surface area contributed by atoms with Gasteiger partial charge < -0.3 is 14.1 Å². The molecule has 19 heavy (non-hydrogen) atoms. The molecule has 0 saturated carbocycles. The Balaban J connectivity index is 1.89. The summed E-state index contributed by atoms with van der Waals surface area (Å²) in [6.45, 7) is 2.79. The van der Waals surface area contributed by atoms with Crippen molar-refractivity contribution in [3.05, 3.63) is 24.2 Å². The van der Waals surface area contributed by atoms with Crippen LogP contribution in [-0.2, 0) is 14.3 Å². The zero-order chi connectivity index (χ0) is 13.7. The van der Waals surface area contributed by atoms with Crippen LogP contribution in [0, 0.1) is 0 Å². The maximum atomic E-state index is 12.1. The van der Waals surface area contributed by atoms with Crippen LogP contribution in [0.25, 0.3) is 0 Å². The molecule has 0 N–H and O–H groups in total. The Bertz CT molecular complexity index is 432. The van der Waals surface area contributed by atoms with E-state index in [-0.39, 0.29) is 30.1 Å². The van der Waals surface area contributed by atoms with Crippen LogP contribution in [0.3, 0.4) is 0 Å². The monoisotopic (exact) mass is 283 g/mol. The van der Waals surface area contributed by atoms with Crippen molar-refractivity contribution in [2.24, 2.45) is 0 Å². The molecular formula is C13H17NO4S. The second kappa shape index (κ2) is 6.65. The van der Waals surface area contributed by atoms with E-state index < -0.39 is 0 Å². The molecule has 1 fully saturated rings. The van der Waals surface area contributed by atoms with Crippen LogP contribution < -0.4 is 0 Å². The predicted molar refractivity (Wildman–Crippen MR) is 71.5 cm³/mol. The van der Waals surface area contributed by atoms with E-state index in [4.69, 9.17) is 9.15 Å². The number of hydrogen-bond donors (Lipinski definition) is 0. The van der Waals surface area contributed by atoms with E-state index in [1.54, 1.807) is 29.8 Å². The zero-order valence-corrected chi connectivity index (χ0v) is 11.6. The van der Waals surface area contributed by atoms with E-state index in [1.807, 2.05) is 12.1 Å². The molecule has 104 valence electrons. The number of furan rings is 1. The number of ether oxygens (including phenoxy) is 1. The summed E-state index contributed by atoms with van der Waals surface area (Å²) in [5, 5.41) is -0.0651. The second-order valence-electron chi connectivity index (χ2n) is 4.13. The number of nitrogens with zero attached hydrogens (tertiary/aromatic N) is 1. The lowest BCUT2D eigenvalue weighted by Gasteiger charge is -2.21. The van der Waals surface area contributed by atoms with E-state index in [9.17, 15) is 9.59 Å². The van der Waals surface area contributed by atoms with Crippen molar-refractivity contribution in [1.82, 2.24) is 4.90 Å². The summed E-state index contributed by atoms with van der Waals surface area (Å²) < 4.78 is 10.2. The summed E-state index contributed by atoms with van der Waals surface area (Å²) in [6.07, 6.45) is 1.94. The largest absolute Gasteiger partial charge is 0.466 e. The Morgan fingerprint density at radius 1 is 1.53 bits per heavy atom. The Kier molecular flexibility index (Phi) is 4.90. The number of carbonyl (C=O) groups excluding carboxylic acids is 2. The lowest BCUT2D eigenvalue weighted by molar-refractivity contribution is -0.145. The number of amides is 1. The molecule has 6 heteroatoms. The van der Waals surface area contributed by atoms with Crippen molar-refractivity contribution < 1.29 is 18.7 Å². The first-order valence-electron chi connectivity index (χ1n) is 6.32. The molecule has 1 atom stereocenters.